The van der Waals surface area contributed by atoms with E-state index in [0.717, 1.165) is 10.9 Å². The van der Waals surface area contributed by atoms with Crippen molar-refractivity contribution in [2.45, 2.75) is 32.5 Å². The van der Waals surface area contributed by atoms with E-state index in [-0.39, 0.29) is 5.82 Å². The Morgan fingerprint density at radius 2 is 1.90 bits per heavy atom. The summed E-state index contributed by atoms with van der Waals surface area (Å²) in [5.74, 6) is -0.166. The first-order valence-corrected chi connectivity index (χ1v) is 9.36. The topological polar surface area (TPSA) is 60.2 Å². The number of pyridine rings is 2. The molecular weight excluding hydrogens is 421 g/mol. The molecule has 0 N–H and O–H groups in total. The molecule has 0 aliphatic carbocycles. The number of halogens is 4. The minimum Gasteiger partial charge on any atom is -0.443 e. The Morgan fingerprint density at radius 1 is 1.20 bits per heavy atom. The normalized spacial score (nSPS) is 12.3. The molecule has 0 aliphatic rings. The number of carbonyl (C=O) groups is 1. The van der Waals surface area contributed by atoms with Gasteiger partial charge in [-0.3, -0.25) is 4.90 Å². The molecule has 3 heterocycles. The fourth-order valence-corrected chi connectivity index (χ4v) is 3.10. The summed E-state index contributed by atoms with van der Waals surface area (Å²) in [5, 5.41) is 1.14. The Bertz CT molecular complexity index is 1090. The molecule has 0 unspecified atom stereocenters. The van der Waals surface area contributed by atoms with E-state index in [0.29, 0.717) is 21.3 Å². The van der Waals surface area contributed by atoms with Gasteiger partial charge in [-0.15, -0.1) is 0 Å². The second-order valence-electron chi connectivity index (χ2n) is 7.74. The zero-order valence-electron chi connectivity index (χ0n) is 16.8. The number of hydrogen-bond acceptors (Lipinski definition) is 4. The first-order valence-electron chi connectivity index (χ1n) is 8.99. The number of hydrogen-bond donors (Lipinski definition) is 0. The van der Waals surface area contributed by atoms with E-state index in [1.54, 1.807) is 46.1 Å². The number of carbonyl (C=O) groups excluding carboxylic acids is 1. The van der Waals surface area contributed by atoms with Crippen LogP contribution < -0.4 is 4.90 Å². The van der Waals surface area contributed by atoms with Crippen LogP contribution in [0.15, 0.2) is 36.7 Å². The predicted molar refractivity (Wildman–Crippen MR) is 109 cm³/mol. The van der Waals surface area contributed by atoms with Crippen molar-refractivity contribution in [3.63, 3.8) is 0 Å². The number of alkyl halides is 3. The maximum absolute atomic E-state index is 13.1. The summed E-state index contributed by atoms with van der Waals surface area (Å²) in [6.07, 6.45) is -2.80. The van der Waals surface area contributed by atoms with Crippen LogP contribution in [0.4, 0.5) is 23.8 Å². The van der Waals surface area contributed by atoms with E-state index < -0.39 is 24.4 Å². The summed E-state index contributed by atoms with van der Waals surface area (Å²) in [7, 11) is 1.80. The van der Waals surface area contributed by atoms with Gasteiger partial charge in [0, 0.05) is 36.1 Å². The van der Waals surface area contributed by atoms with Gasteiger partial charge in [0.2, 0.25) is 0 Å². The van der Waals surface area contributed by atoms with Crippen LogP contribution in [0.1, 0.15) is 20.8 Å². The molecule has 10 heteroatoms. The predicted octanol–water partition coefficient (Wildman–Crippen LogP) is 5.59. The Hall–Kier alpha value is -2.81. The standard InChI is InChI=1S/C20H20ClF3N4O2/c1-19(2,3)30-18(29)28(11-20(22,23)24)17-8-12(5-6-25-17)14-7-13-10-26-16(21)9-15(13)27(14)4/h5-10H,11H2,1-4H3. The van der Waals surface area contributed by atoms with Crippen LogP contribution in [0.25, 0.3) is 22.2 Å². The van der Waals surface area contributed by atoms with E-state index in [1.807, 2.05) is 10.6 Å². The maximum atomic E-state index is 13.1. The molecule has 0 aromatic carbocycles. The third-order valence-electron chi connectivity index (χ3n) is 4.16. The number of aromatic nitrogens is 3. The number of amides is 1. The van der Waals surface area contributed by atoms with Crippen molar-refractivity contribution in [3.05, 3.63) is 41.8 Å². The number of aryl methyl sites for hydroxylation is 1. The molecule has 3 rings (SSSR count). The molecule has 3 aromatic rings. The van der Waals surface area contributed by atoms with Crippen molar-refractivity contribution < 1.29 is 22.7 Å². The highest BCUT2D eigenvalue weighted by molar-refractivity contribution is 6.30. The molecule has 0 radical (unpaired) electrons. The Kier molecular flexibility index (Phi) is 5.68. The zero-order valence-corrected chi connectivity index (χ0v) is 17.5. The van der Waals surface area contributed by atoms with Crippen molar-refractivity contribution in [1.29, 1.82) is 0 Å². The molecule has 0 aliphatic heterocycles. The largest absolute Gasteiger partial charge is 0.443 e. The molecule has 160 valence electrons. The molecule has 0 bridgehead atoms. The molecule has 0 atom stereocenters. The smallest absolute Gasteiger partial charge is 0.416 e. The minimum absolute atomic E-state index is 0.166. The van der Waals surface area contributed by atoms with Crippen molar-refractivity contribution in [2.75, 3.05) is 11.4 Å². The second kappa shape index (κ2) is 7.79. The number of rotatable bonds is 3. The highest BCUT2D eigenvalue weighted by Crippen LogP contribution is 2.31. The van der Waals surface area contributed by atoms with E-state index in [4.69, 9.17) is 16.3 Å². The molecule has 0 spiro atoms. The number of fused-ring (bicyclic) bond motifs is 1. The van der Waals surface area contributed by atoms with Crippen molar-refractivity contribution in [3.8, 4) is 11.3 Å². The fraction of sp³-hybridized carbons (Fsp3) is 0.350. The molecule has 6 nitrogen and oxygen atoms in total. The highest BCUT2D eigenvalue weighted by Gasteiger charge is 2.36. The van der Waals surface area contributed by atoms with Crippen LogP contribution in [0.5, 0.6) is 0 Å². The lowest BCUT2D eigenvalue weighted by molar-refractivity contribution is -0.119. The van der Waals surface area contributed by atoms with Gasteiger partial charge in [-0.1, -0.05) is 11.6 Å². The van der Waals surface area contributed by atoms with Crippen LogP contribution in [0.3, 0.4) is 0 Å². The molecule has 0 fully saturated rings. The molecule has 30 heavy (non-hydrogen) atoms. The lowest BCUT2D eigenvalue weighted by Gasteiger charge is -2.27. The van der Waals surface area contributed by atoms with Crippen LogP contribution >= 0.6 is 11.6 Å². The Labute approximate surface area is 176 Å². The zero-order chi connectivity index (χ0) is 22.3. The Balaban J connectivity index is 2.05. The van der Waals surface area contributed by atoms with Gasteiger partial charge in [-0.25, -0.2) is 14.8 Å². The molecular formula is C20H20ClF3N4O2. The van der Waals surface area contributed by atoms with Crippen LogP contribution in [-0.4, -0.2) is 39.0 Å². The van der Waals surface area contributed by atoms with Crippen molar-refractivity contribution in [2.24, 2.45) is 7.05 Å². The van der Waals surface area contributed by atoms with Gasteiger partial charge < -0.3 is 9.30 Å². The van der Waals surface area contributed by atoms with Gasteiger partial charge in [-0.05, 0) is 45.0 Å². The lowest BCUT2D eigenvalue weighted by atomic mass is 10.2. The van der Waals surface area contributed by atoms with Crippen molar-refractivity contribution in [1.82, 2.24) is 14.5 Å². The molecule has 3 aromatic heterocycles. The van der Waals surface area contributed by atoms with Gasteiger partial charge in [0.15, 0.2) is 0 Å². The van der Waals surface area contributed by atoms with Crippen LogP contribution in [0, 0.1) is 0 Å². The van der Waals surface area contributed by atoms with Crippen LogP contribution in [0.2, 0.25) is 5.15 Å². The first-order chi connectivity index (χ1) is 13.8. The van der Waals surface area contributed by atoms with E-state index in [9.17, 15) is 18.0 Å². The van der Waals surface area contributed by atoms with Crippen molar-refractivity contribution >= 4 is 34.4 Å². The molecule has 0 saturated carbocycles. The van der Waals surface area contributed by atoms with Crippen LogP contribution in [-0.2, 0) is 11.8 Å². The minimum atomic E-state index is -4.63. The number of anilines is 1. The number of ether oxygens (including phenoxy) is 1. The average molecular weight is 441 g/mol. The first kappa shape index (κ1) is 21.9. The Morgan fingerprint density at radius 3 is 2.53 bits per heavy atom. The summed E-state index contributed by atoms with van der Waals surface area (Å²) in [5.41, 5.74) is 1.13. The summed E-state index contributed by atoms with van der Waals surface area (Å²) in [6, 6.07) is 6.59. The second-order valence-corrected chi connectivity index (χ2v) is 8.13. The lowest BCUT2D eigenvalue weighted by Crippen LogP contribution is -2.42. The van der Waals surface area contributed by atoms with Gasteiger partial charge in [0.1, 0.15) is 23.1 Å². The van der Waals surface area contributed by atoms with Gasteiger partial charge in [0.25, 0.3) is 0 Å². The molecule has 0 saturated heterocycles. The SMILES string of the molecule is Cn1c(-c2ccnc(N(CC(F)(F)F)C(=O)OC(C)(C)C)c2)cc2cnc(Cl)cc21. The number of nitrogens with zero attached hydrogens (tertiary/aromatic N) is 4. The highest BCUT2D eigenvalue weighted by atomic mass is 35.5. The third kappa shape index (κ3) is 5.02. The fourth-order valence-electron chi connectivity index (χ4n) is 2.94. The quantitative estimate of drug-likeness (QED) is 0.498. The van der Waals surface area contributed by atoms with E-state index in [1.165, 1.54) is 12.3 Å². The summed E-state index contributed by atoms with van der Waals surface area (Å²) < 4.78 is 46.4. The summed E-state index contributed by atoms with van der Waals surface area (Å²) in [4.78, 5) is 21.0. The van der Waals surface area contributed by atoms with Gasteiger partial charge in [0.05, 0.1) is 5.52 Å². The average Bonchev–Trinajstić information content (AvgIpc) is 2.94. The molecule has 1 amide bonds. The maximum Gasteiger partial charge on any atom is 0.416 e. The monoisotopic (exact) mass is 440 g/mol. The van der Waals surface area contributed by atoms with Gasteiger partial charge in [-0.2, -0.15) is 13.2 Å². The third-order valence-corrected chi connectivity index (χ3v) is 4.37. The van der Waals surface area contributed by atoms with Gasteiger partial charge >= 0.3 is 12.3 Å². The van der Waals surface area contributed by atoms with E-state index in [2.05, 4.69) is 9.97 Å². The summed E-state index contributed by atoms with van der Waals surface area (Å²) >= 11 is 5.96. The van der Waals surface area contributed by atoms with E-state index >= 15 is 0 Å². The summed E-state index contributed by atoms with van der Waals surface area (Å²) in [6.45, 7) is 3.21.